The van der Waals surface area contributed by atoms with Gasteiger partial charge in [0.05, 0.1) is 0 Å². The van der Waals surface area contributed by atoms with Gasteiger partial charge in [-0.3, -0.25) is 16.1 Å². The third-order valence-electron chi connectivity index (χ3n) is 6.03. The van der Waals surface area contributed by atoms with E-state index < -0.39 is 26.2 Å². The first-order chi connectivity index (χ1) is 15.4. The molecule has 0 saturated heterocycles. The molecule has 0 fully saturated rings. The Morgan fingerprint density at radius 1 is 1.27 bits per heavy atom. The molecule has 0 bridgehead atoms. The van der Waals surface area contributed by atoms with Crippen molar-refractivity contribution in [1.29, 1.82) is 5.41 Å². The second-order valence-corrected chi connectivity index (χ2v) is 10.9. The van der Waals surface area contributed by atoms with Gasteiger partial charge in [-0.2, -0.15) is 0 Å². The predicted molar refractivity (Wildman–Crippen MR) is 129 cm³/mol. The summed E-state index contributed by atoms with van der Waals surface area (Å²) in [4.78, 5) is 7.82. The fourth-order valence-corrected chi connectivity index (χ4v) is 4.46. The third kappa shape index (κ3) is 4.62. The van der Waals surface area contributed by atoms with E-state index in [1.165, 1.54) is 18.0 Å². The Bertz CT molecular complexity index is 1230. The van der Waals surface area contributed by atoms with Gasteiger partial charge in [0.15, 0.2) is 9.84 Å². The summed E-state index contributed by atoms with van der Waals surface area (Å²) in [5.41, 5.74) is 4.78. The van der Waals surface area contributed by atoms with Crippen LogP contribution in [-0.2, 0) is 9.84 Å². The number of hydrogen-bond donors (Lipinski definition) is 3. The van der Waals surface area contributed by atoms with Crippen LogP contribution >= 0.6 is 0 Å². The molecule has 1 aromatic carbocycles. The van der Waals surface area contributed by atoms with Crippen LogP contribution in [0.25, 0.3) is 22.7 Å². The molecular formula is C23H28FN5O3S. The highest BCUT2D eigenvalue weighted by Gasteiger charge is 2.41. The first-order valence-corrected chi connectivity index (χ1v) is 12.1. The molecular weight excluding hydrogens is 445 g/mol. The molecule has 1 aliphatic heterocycles. The lowest BCUT2D eigenvalue weighted by Crippen LogP contribution is -2.50. The van der Waals surface area contributed by atoms with Crippen molar-refractivity contribution in [2.45, 2.75) is 18.1 Å². The SMILES string of the molecule is C=C1c2ccc(-c3ccc(N(C)C)nc3)cc2C(F)=CN1CC[C@](C)(C(=N)NO)S(C)(=O)=O. The van der Waals surface area contributed by atoms with Crippen molar-refractivity contribution in [2.24, 2.45) is 0 Å². The first kappa shape index (κ1) is 24.4. The Hall–Kier alpha value is -3.24. The van der Waals surface area contributed by atoms with Crippen LogP contribution in [0.5, 0.6) is 0 Å². The van der Waals surface area contributed by atoms with Gasteiger partial charge in [0, 0.05) is 61.7 Å². The number of amidine groups is 1. The summed E-state index contributed by atoms with van der Waals surface area (Å²) < 4.78 is 38.0. The summed E-state index contributed by atoms with van der Waals surface area (Å²) in [5, 5.41) is 16.9. The van der Waals surface area contributed by atoms with Gasteiger partial charge in [-0.1, -0.05) is 18.7 Å². The van der Waals surface area contributed by atoms with Gasteiger partial charge < -0.3 is 9.80 Å². The van der Waals surface area contributed by atoms with Gasteiger partial charge in [-0.15, -0.1) is 0 Å². The number of nitrogens with one attached hydrogen (secondary N) is 2. The molecule has 10 heteroatoms. The third-order valence-corrected chi connectivity index (χ3v) is 8.08. The summed E-state index contributed by atoms with van der Waals surface area (Å²) in [7, 11) is 0.0662. The molecule has 33 heavy (non-hydrogen) atoms. The summed E-state index contributed by atoms with van der Waals surface area (Å²) in [6.07, 6.45) is 3.95. The number of rotatable bonds is 7. The van der Waals surface area contributed by atoms with E-state index >= 15 is 4.39 Å². The Morgan fingerprint density at radius 3 is 2.48 bits per heavy atom. The highest BCUT2D eigenvalue weighted by Crippen LogP contribution is 2.37. The van der Waals surface area contributed by atoms with Crippen LogP contribution in [0.15, 0.2) is 49.3 Å². The van der Waals surface area contributed by atoms with Crippen LogP contribution in [0.1, 0.15) is 24.5 Å². The molecule has 3 N–H and O–H groups in total. The lowest BCUT2D eigenvalue weighted by atomic mass is 9.95. The zero-order valence-electron chi connectivity index (χ0n) is 19.1. The van der Waals surface area contributed by atoms with Gasteiger partial charge in [0.25, 0.3) is 0 Å². The van der Waals surface area contributed by atoms with E-state index in [0.29, 0.717) is 16.8 Å². The van der Waals surface area contributed by atoms with Crippen molar-refractivity contribution in [3.63, 3.8) is 0 Å². The van der Waals surface area contributed by atoms with Crippen molar-refractivity contribution in [3.05, 3.63) is 60.4 Å². The Morgan fingerprint density at radius 2 is 1.94 bits per heavy atom. The van der Waals surface area contributed by atoms with E-state index in [9.17, 15) is 8.42 Å². The van der Waals surface area contributed by atoms with E-state index in [2.05, 4.69) is 11.6 Å². The molecule has 0 aliphatic carbocycles. The van der Waals surface area contributed by atoms with Gasteiger partial charge in [0.2, 0.25) is 0 Å². The first-order valence-electron chi connectivity index (χ1n) is 10.2. The van der Waals surface area contributed by atoms with Crippen molar-refractivity contribution in [2.75, 3.05) is 31.8 Å². The zero-order valence-corrected chi connectivity index (χ0v) is 19.9. The number of benzene rings is 1. The number of sulfone groups is 1. The molecule has 0 spiro atoms. The van der Waals surface area contributed by atoms with E-state index in [0.717, 1.165) is 23.2 Å². The Kier molecular flexibility index (Phi) is 6.62. The van der Waals surface area contributed by atoms with Gasteiger partial charge in [-0.25, -0.2) is 17.8 Å². The van der Waals surface area contributed by atoms with Crippen LogP contribution in [0.2, 0.25) is 0 Å². The average Bonchev–Trinajstić information content (AvgIpc) is 2.78. The number of pyridine rings is 1. The largest absolute Gasteiger partial charge is 0.363 e. The van der Waals surface area contributed by atoms with Crippen LogP contribution in [0.4, 0.5) is 10.2 Å². The molecule has 1 aromatic heterocycles. The molecule has 0 saturated carbocycles. The van der Waals surface area contributed by atoms with Crippen LogP contribution in [-0.4, -0.2) is 61.0 Å². The number of aromatic nitrogens is 1. The summed E-state index contributed by atoms with van der Waals surface area (Å²) in [6, 6.07) is 9.19. The molecule has 176 valence electrons. The second-order valence-electron chi connectivity index (χ2n) is 8.42. The zero-order chi connectivity index (χ0) is 24.6. The molecule has 1 aliphatic rings. The average molecular weight is 474 g/mol. The molecule has 0 unspecified atom stereocenters. The fraction of sp³-hybridized carbons (Fsp3) is 0.304. The number of hydrogen-bond acceptors (Lipinski definition) is 7. The lowest BCUT2D eigenvalue weighted by Gasteiger charge is -2.33. The monoisotopic (exact) mass is 473 g/mol. The molecule has 8 nitrogen and oxygen atoms in total. The maximum atomic E-state index is 15.1. The standard InChI is InChI=1S/C23H28FN5O3S/c1-15-18-8-6-16(17-7-9-21(26-13-17)28(3)4)12-19(18)20(24)14-29(15)11-10-23(2,22(25)27-30)33(5,31)32/h6-9,12-14,30H,1,10-11H2,2-5H3,(H2,25,27)/t23-/m1/s1. The Balaban J connectivity index is 1.87. The number of fused-ring (bicyclic) bond motifs is 1. The molecule has 0 radical (unpaired) electrons. The van der Waals surface area contributed by atoms with E-state index in [4.69, 9.17) is 10.6 Å². The summed E-state index contributed by atoms with van der Waals surface area (Å²) in [5.74, 6) is -0.207. The maximum absolute atomic E-state index is 15.1. The maximum Gasteiger partial charge on any atom is 0.160 e. The quantitative estimate of drug-likeness (QED) is 0.321. The fourth-order valence-electron chi connectivity index (χ4n) is 3.58. The van der Waals surface area contributed by atoms with E-state index in [1.54, 1.807) is 23.8 Å². The molecule has 0 amide bonds. The van der Waals surface area contributed by atoms with Gasteiger partial charge >= 0.3 is 0 Å². The van der Waals surface area contributed by atoms with E-state index in [-0.39, 0.29) is 13.0 Å². The second kappa shape index (κ2) is 8.95. The summed E-state index contributed by atoms with van der Waals surface area (Å²) in [6.45, 7) is 5.49. The smallest absolute Gasteiger partial charge is 0.160 e. The highest BCUT2D eigenvalue weighted by atomic mass is 32.2. The predicted octanol–water partition coefficient (Wildman–Crippen LogP) is 3.52. The van der Waals surface area contributed by atoms with Crippen molar-refractivity contribution < 1.29 is 18.0 Å². The highest BCUT2D eigenvalue weighted by molar-refractivity contribution is 7.92. The van der Waals surface area contributed by atoms with Gasteiger partial charge in [-0.05, 0) is 37.1 Å². The number of halogens is 1. The molecule has 2 aromatic rings. The molecule has 1 atom stereocenters. The minimum atomic E-state index is -3.74. The van der Waals surface area contributed by atoms with Crippen molar-refractivity contribution in [1.82, 2.24) is 15.4 Å². The van der Waals surface area contributed by atoms with Gasteiger partial charge in [0.1, 0.15) is 22.2 Å². The number of nitrogens with zero attached hydrogens (tertiary/aromatic N) is 3. The molecule has 3 rings (SSSR count). The normalized spacial score (nSPS) is 15.4. The van der Waals surface area contributed by atoms with Crippen LogP contribution < -0.4 is 10.4 Å². The molecule has 2 heterocycles. The Labute approximate surface area is 193 Å². The number of anilines is 1. The lowest BCUT2D eigenvalue weighted by molar-refractivity contribution is 0.226. The van der Waals surface area contributed by atoms with Crippen LogP contribution in [0.3, 0.4) is 0 Å². The number of hydroxylamine groups is 1. The van der Waals surface area contributed by atoms with E-state index in [1.807, 2.05) is 37.2 Å². The minimum Gasteiger partial charge on any atom is -0.363 e. The topological polar surface area (TPSA) is 110 Å². The van der Waals surface area contributed by atoms with Crippen molar-refractivity contribution >= 4 is 33.0 Å². The van der Waals surface area contributed by atoms with Crippen LogP contribution in [0, 0.1) is 5.41 Å². The minimum absolute atomic E-state index is 0.0572. The summed E-state index contributed by atoms with van der Waals surface area (Å²) >= 11 is 0. The van der Waals surface area contributed by atoms with Crippen molar-refractivity contribution in [3.8, 4) is 11.1 Å².